The number of hydrogen-bond donors (Lipinski definition) is 0. The fraction of sp³-hybridized carbons (Fsp3) is 0.278. The van der Waals surface area contributed by atoms with Crippen molar-refractivity contribution in [1.82, 2.24) is 4.90 Å². The number of hydrogen-bond acceptors (Lipinski definition) is 3. The Hall–Kier alpha value is -2.08. The van der Waals surface area contributed by atoms with Crippen LogP contribution in [0.4, 0.5) is 4.39 Å². The molecule has 0 unspecified atom stereocenters. The summed E-state index contributed by atoms with van der Waals surface area (Å²) in [6, 6.07) is 9.94. The molecule has 1 heterocycles. The number of carbonyl (C=O) groups is 1. The van der Waals surface area contributed by atoms with Gasteiger partial charge in [0.05, 0.1) is 5.56 Å². The number of ether oxygens (including phenoxy) is 2. The number of fused-ring (bicyclic) bond motifs is 1. The van der Waals surface area contributed by atoms with Gasteiger partial charge in [0, 0.05) is 23.1 Å². The van der Waals surface area contributed by atoms with Crippen molar-refractivity contribution in [2.75, 3.05) is 19.8 Å². The molecule has 0 radical (unpaired) electrons. The molecule has 0 saturated carbocycles. The van der Waals surface area contributed by atoms with Crippen LogP contribution >= 0.6 is 15.9 Å². The SMILES string of the molecule is CCN(Cc1cccc2c1OCCO2)C(=O)c1cc(Br)ccc1F. The summed E-state index contributed by atoms with van der Waals surface area (Å²) in [4.78, 5) is 14.3. The molecule has 0 N–H and O–H groups in total. The van der Waals surface area contributed by atoms with Gasteiger partial charge in [0.15, 0.2) is 11.5 Å². The maximum absolute atomic E-state index is 14.0. The summed E-state index contributed by atoms with van der Waals surface area (Å²) < 4.78 is 25.9. The molecule has 0 aromatic heterocycles. The smallest absolute Gasteiger partial charge is 0.257 e. The molecule has 0 atom stereocenters. The number of nitrogens with zero attached hydrogens (tertiary/aromatic N) is 1. The molecule has 24 heavy (non-hydrogen) atoms. The second-order valence-electron chi connectivity index (χ2n) is 5.38. The largest absolute Gasteiger partial charge is 0.486 e. The lowest BCUT2D eigenvalue weighted by atomic mass is 10.1. The van der Waals surface area contributed by atoms with Crippen molar-refractivity contribution < 1.29 is 18.7 Å². The Morgan fingerprint density at radius 2 is 2.04 bits per heavy atom. The number of rotatable bonds is 4. The molecule has 1 amide bonds. The molecule has 0 spiro atoms. The maximum atomic E-state index is 14.0. The molecular weight excluding hydrogens is 377 g/mol. The van der Waals surface area contributed by atoms with E-state index in [-0.39, 0.29) is 11.5 Å². The van der Waals surface area contributed by atoms with Gasteiger partial charge in [0.1, 0.15) is 19.0 Å². The minimum Gasteiger partial charge on any atom is -0.486 e. The van der Waals surface area contributed by atoms with E-state index in [4.69, 9.17) is 9.47 Å². The highest BCUT2D eigenvalue weighted by molar-refractivity contribution is 9.10. The molecule has 0 bridgehead atoms. The lowest BCUT2D eigenvalue weighted by molar-refractivity contribution is 0.0744. The Kier molecular flexibility index (Phi) is 5.04. The Morgan fingerprint density at radius 1 is 1.25 bits per heavy atom. The monoisotopic (exact) mass is 393 g/mol. The van der Waals surface area contributed by atoms with E-state index in [1.54, 1.807) is 11.0 Å². The van der Waals surface area contributed by atoms with Crippen LogP contribution in [-0.4, -0.2) is 30.6 Å². The van der Waals surface area contributed by atoms with Crippen molar-refractivity contribution in [3.63, 3.8) is 0 Å². The van der Waals surface area contributed by atoms with Gasteiger partial charge >= 0.3 is 0 Å². The Morgan fingerprint density at radius 3 is 2.83 bits per heavy atom. The van der Waals surface area contributed by atoms with Gasteiger partial charge in [-0.1, -0.05) is 28.1 Å². The highest BCUT2D eigenvalue weighted by Crippen LogP contribution is 2.34. The van der Waals surface area contributed by atoms with Gasteiger partial charge in [-0.3, -0.25) is 4.79 Å². The molecule has 0 aliphatic carbocycles. The van der Waals surface area contributed by atoms with Crippen LogP contribution in [0.2, 0.25) is 0 Å². The Balaban J connectivity index is 1.87. The van der Waals surface area contributed by atoms with Crippen LogP contribution in [0.25, 0.3) is 0 Å². The normalized spacial score (nSPS) is 12.8. The van der Waals surface area contributed by atoms with Crippen molar-refractivity contribution in [2.45, 2.75) is 13.5 Å². The fourth-order valence-corrected chi connectivity index (χ4v) is 2.98. The summed E-state index contributed by atoms with van der Waals surface area (Å²) in [6.45, 7) is 3.63. The third-order valence-corrected chi connectivity index (χ3v) is 4.33. The van der Waals surface area contributed by atoms with Gasteiger partial charge in [-0.15, -0.1) is 0 Å². The fourth-order valence-electron chi connectivity index (χ4n) is 2.62. The van der Waals surface area contributed by atoms with E-state index in [2.05, 4.69) is 15.9 Å². The van der Waals surface area contributed by atoms with Crippen molar-refractivity contribution in [3.05, 3.63) is 57.8 Å². The van der Waals surface area contributed by atoms with Crippen LogP contribution in [0.15, 0.2) is 40.9 Å². The first-order valence-electron chi connectivity index (χ1n) is 7.72. The van der Waals surface area contributed by atoms with Crippen molar-refractivity contribution in [2.24, 2.45) is 0 Å². The Bertz CT molecular complexity index is 766. The van der Waals surface area contributed by atoms with E-state index >= 15 is 0 Å². The first-order chi connectivity index (χ1) is 11.6. The maximum Gasteiger partial charge on any atom is 0.257 e. The van der Waals surface area contributed by atoms with Gasteiger partial charge in [-0.05, 0) is 31.2 Å². The average molecular weight is 394 g/mol. The molecule has 2 aromatic carbocycles. The predicted molar refractivity (Wildman–Crippen MR) is 91.9 cm³/mol. The van der Waals surface area contributed by atoms with Crippen LogP contribution in [0.1, 0.15) is 22.8 Å². The lowest BCUT2D eigenvalue weighted by Crippen LogP contribution is -2.31. The topological polar surface area (TPSA) is 38.8 Å². The van der Waals surface area contributed by atoms with E-state index in [0.29, 0.717) is 42.3 Å². The third-order valence-electron chi connectivity index (χ3n) is 3.84. The van der Waals surface area contributed by atoms with Crippen LogP contribution < -0.4 is 9.47 Å². The zero-order valence-electron chi connectivity index (χ0n) is 13.2. The second-order valence-corrected chi connectivity index (χ2v) is 6.30. The van der Waals surface area contributed by atoms with Gasteiger partial charge in [-0.2, -0.15) is 0 Å². The molecular formula is C18H17BrFNO3. The predicted octanol–water partition coefficient (Wildman–Crippen LogP) is 4.02. The van der Waals surface area contributed by atoms with Crippen molar-refractivity contribution in [3.8, 4) is 11.5 Å². The van der Waals surface area contributed by atoms with Crippen LogP contribution in [0, 0.1) is 5.82 Å². The molecule has 3 rings (SSSR count). The first kappa shape index (κ1) is 16.8. The minimum atomic E-state index is -0.531. The van der Waals surface area contributed by atoms with Crippen LogP contribution in [0.3, 0.4) is 0 Å². The zero-order chi connectivity index (χ0) is 17.1. The molecule has 1 aliphatic heterocycles. The molecule has 126 valence electrons. The highest BCUT2D eigenvalue weighted by Gasteiger charge is 2.22. The van der Waals surface area contributed by atoms with Gasteiger partial charge in [0.25, 0.3) is 5.91 Å². The molecule has 2 aromatic rings. The summed E-state index contributed by atoms with van der Waals surface area (Å²) in [5.74, 6) is 0.447. The standard InChI is InChI=1S/C18H17BrFNO3/c1-2-21(18(22)14-10-13(19)6-7-15(14)20)11-12-4-3-5-16-17(12)24-9-8-23-16/h3-7,10H,2,8-9,11H2,1H3. The molecule has 0 fully saturated rings. The summed E-state index contributed by atoms with van der Waals surface area (Å²) in [7, 11) is 0. The Labute approximate surface area is 148 Å². The van der Waals surface area contributed by atoms with Gasteiger partial charge < -0.3 is 14.4 Å². The molecule has 6 heteroatoms. The summed E-state index contributed by atoms with van der Waals surface area (Å²) in [6.07, 6.45) is 0. The van der Waals surface area contributed by atoms with E-state index in [1.807, 2.05) is 25.1 Å². The van der Waals surface area contributed by atoms with Crippen LogP contribution in [0.5, 0.6) is 11.5 Å². The van der Waals surface area contributed by atoms with Gasteiger partial charge in [0.2, 0.25) is 0 Å². The molecule has 1 aliphatic rings. The van der Waals surface area contributed by atoms with Crippen molar-refractivity contribution >= 4 is 21.8 Å². The summed E-state index contributed by atoms with van der Waals surface area (Å²) in [5, 5.41) is 0. The number of amides is 1. The van der Waals surface area contributed by atoms with E-state index in [0.717, 1.165) is 5.56 Å². The number of carbonyl (C=O) groups excluding carboxylic acids is 1. The number of benzene rings is 2. The number of halogens is 2. The molecule has 0 saturated heterocycles. The van der Waals surface area contributed by atoms with Crippen LogP contribution in [-0.2, 0) is 6.54 Å². The third kappa shape index (κ3) is 3.38. The van der Waals surface area contributed by atoms with Crippen molar-refractivity contribution in [1.29, 1.82) is 0 Å². The van der Waals surface area contributed by atoms with E-state index in [1.165, 1.54) is 12.1 Å². The second kappa shape index (κ2) is 7.21. The van der Waals surface area contributed by atoms with Gasteiger partial charge in [-0.25, -0.2) is 4.39 Å². The molecule has 4 nitrogen and oxygen atoms in total. The minimum absolute atomic E-state index is 0.0493. The highest BCUT2D eigenvalue weighted by atomic mass is 79.9. The quantitative estimate of drug-likeness (QED) is 0.787. The first-order valence-corrected chi connectivity index (χ1v) is 8.51. The zero-order valence-corrected chi connectivity index (χ0v) is 14.8. The summed E-state index contributed by atoms with van der Waals surface area (Å²) >= 11 is 3.28. The average Bonchev–Trinajstić information content (AvgIpc) is 2.61. The lowest BCUT2D eigenvalue weighted by Gasteiger charge is -2.25. The number of para-hydroxylation sites is 1. The van der Waals surface area contributed by atoms with E-state index in [9.17, 15) is 9.18 Å². The summed E-state index contributed by atoms with van der Waals surface area (Å²) in [5.41, 5.74) is 0.894. The van der Waals surface area contributed by atoms with E-state index < -0.39 is 5.82 Å².